The SMILES string of the molecule is Cc1csc(C2=C(O)CN(CCC3=CCCCC3)C2=N)n1. The first-order chi connectivity index (χ1) is 10.1. The van der Waals surface area contributed by atoms with Gasteiger partial charge < -0.3 is 10.0 Å². The van der Waals surface area contributed by atoms with E-state index in [1.54, 1.807) is 0 Å². The van der Waals surface area contributed by atoms with Gasteiger partial charge in [-0.1, -0.05) is 11.6 Å². The normalized spacial score (nSPS) is 19.4. The lowest BCUT2D eigenvalue weighted by Gasteiger charge is -2.20. The lowest BCUT2D eigenvalue weighted by molar-refractivity contribution is 0.350. The molecule has 0 spiro atoms. The predicted octanol–water partition coefficient (Wildman–Crippen LogP) is 3.90. The highest BCUT2D eigenvalue weighted by Crippen LogP contribution is 2.30. The molecule has 0 unspecified atom stereocenters. The van der Waals surface area contributed by atoms with E-state index >= 15 is 0 Å². The van der Waals surface area contributed by atoms with Gasteiger partial charge in [0.15, 0.2) is 0 Å². The van der Waals surface area contributed by atoms with E-state index in [4.69, 9.17) is 5.41 Å². The molecule has 112 valence electrons. The molecular formula is C16H21N3OS. The van der Waals surface area contributed by atoms with E-state index in [1.165, 1.54) is 42.6 Å². The second-order valence-electron chi connectivity index (χ2n) is 5.74. The first-order valence-corrected chi connectivity index (χ1v) is 8.39. The van der Waals surface area contributed by atoms with Gasteiger partial charge in [-0.15, -0.1) is 11.3 Å². The number of aliphatic hydroxyl groups is 1. The highest BCUT2D eigenvalue weighted by Gasteiger charge is 2.29. The van der Waals surface area contributed by atoms with Crippen molar-refractivity contribution < 1.29 is 5.11 Å². The van der Waals surface area contributed by atoms with E-state index in [1.807, 2.05) is 17.2 Å². The molecule has 2 heterocycles. The molecule has 1 aliphatic heterocycles. The number of nitrogens with zero attached hydrogens (tertiary/aromatic N) is 2. The standard InChI is InChI=1S/C16H21N3OS/c1-11-10-21-16(18-11)14-13(20)9-19(15(14)17)8-7-12-5-3-2-4-6-12/h5,10,17,20H,2-4,6-9H2,1H3. The fourth-order valence-corrected chi connectivity index (χ4v) is 3.79. The van der Waals surface area contributed by atoms with Crippen molar-refractivity contribution in [2.75, 3.05) is 13.1 Å². The topological polar surface area (TPSA) is 60.2 Å². The van der Waals surface area contributed by atoms with Crippen molar-refractivity contribution in [2.24, 2.45) is 0 Å². The van der Waals surface area contributed by atoms with Gasteiger partial charge in [0.25, 0.3) is 0 Å². The quantitative estimate of drug-likeness (QED) is 0.829. The van der Waals surface area contributed by atoms with Gasteiger partial charge in [-0.25, -0.2) is 4.98 Å². The molecule has 0 bridgehead atoms. The Balaban J connectivity index is 1.66. The minimum Gasteiger partial charge on any atom is -0.510 e. The Bertz CT molecular complexity index is 615. The monoisotopic (exact) mass is 303 g/mol. The maximum absolute atomic E-state index is 10.2. The fourth-order valence-electron chi connectivity index (χ4n) is 2.93. The Morgan fingerprint density at radius 3 is 2.95 bits per heavy atom. The average molecular weight is 303 g/mol. The summed E-state index contributed by atoms with van der Waals surface area (Å²) >= 11 is 1.49. The lowest BCUT2D eigenvalue weighted by atomic mass is 9.97. The summed E-state index contributed by atoms with van der Waals surface area (Å²) in [6.07, 6.45) is 8.33. The molecule has 1 aromatic heterocycles. The van der Waals surface area contributed by atoms with Crippen LogP contribution in [0.2, 0.25) is 0 Å². The number of amidine groups is 1. The second kappa shape index (κ2) is 6.02. The predicted molar refractivity (Wildman–Crippen MR) is 86.9 cm³/mol. The molecule has 0 amide bonds. The first-order valence-electron chi connectivity index (χ1n) is 7.51. The van der Waals surface area contributed by atoms with Crippen LogP contribution in [0, 0.1) is 12.3 Å². The number of thiazole rings is 1. The van der Waals surface area contributed by atoms with Gasteiger partial charge in [0.05, 0.1) is 12.1 Å². The van der Waals surface area contributed by atoms with Crippen LogP contribution < -0.4 is 0 Å². The Labute approximate surface area is 129 Å². The van der Waals surface area contributed by atoms with Crippen LogP contribution in [0.3, 0.4) is 0 Å². The van der Waals surface area contributed by atoms with Crippen molar-refractivity contribution in [3.63, 3.8) is 0 Å². The molecule has 1 aromatic rings. The molecule has 5 heteroatoms. The van der Waals surface area contributed by atoms with Gasteiger partial charge in [-0.3, -0.25) is 5.41 Å². The van der Waals surface area contributed by atoms with Gasteiger partial charge in [-0.2, -0.15) is 0 Å². The van der Waals surface area contributed by atoms with E-state index in [2.05, 4.69) is 11.1 Å². The van der Waals surface area contributed by atoms with Crippen LogP contribution in [0.25, 0.3) is 5.57 Å². The molecule has 0 saturated carbocycles. The van der Waals surface area contributed by atoms with Crippen LogP contribution in [0.1, 0.15) is 42.8 Å². The maximum atomic E-state index is 10.2. The van der Waals surface area contributed by atoms with Crippen molar-refractivity contribution in [2.45, 2.75) is 39.0 Å². The van der Waals surface area contributed by atoms with Gasteiger partial charge in [0.1, 0.15) is 16.6 Å². The molecule has 0 saturated heterocycles. The first kappa shape index (κ1) is 14.3. The van der Waals surface area contributed by atoms with Crippen LogP contribution in [0.5, 0.6) is 0 Å². The summed E-state index contributed by atoms with van der Waals surface area (Å²) in [5, 5.41) is 21.2. The van der Waals surface area contributed by atoms with Crippen LogP contribution in [0.4, 0.5) is 0 Å². The van der Waals surface area contributed by atoms with E-state index in [-0.39, 0.29) is 5.76 Å². The zero-order valence-corrected chi connectivity index (χ0v) is 13.2. The average Bonchev–Trinajstić information content (AvgIpc) is 3.01. The van der Waals surface area contributed by atoms with Crippen molar-refractivity contribution in [3.8, 4) is 0 Å². The molecule has 0 radical (unpaired) electrons. The number of aryl methyl sites for hydroxylation is 1. The van der Waals surface area contributed by atoms with E-state index in [0.29, 0.717) is 18.0 Å². The van der Waals surface area contributed by atoms with Crippen molar-refractivity contribution >= 4 is 22.7 Å². The fraction of sp³-hybridized carbons (Fsp3) is 0.500. The van der Waals surface area contributed by atoms with E-state index in [0.717, 1.165) is 23.7 Å². The summed E-state index contributed by atoms with van der Waals surface area (Å²) in [6.45, 7) is 3.19. The zero-order valence-electron chi connectivity index (χ0n) is 12.4. The number of aromatic nitrogens is 1. The minimum atomic E-state index is 0.284. The Kier molecular flexibility index (Phi) is 4.10. The Hall–Kier alpha value is -1.62. The maximum Gasteiger partial charge on any atom is 0.135 e. The number of hydrogen-bond acceptors (Lipinski definition) is 4. The van der Waals surface area contributed by atoms with Crippen molar-refractivity contribution in [1.82, 2.24) is 9.88 Å². The largest absolute Gasteiger partial charge is 0.510 e. The van der Waals surface area contributed by atoms with Crippen LogP contribution >= 0.6 is 11.3 Å². The third-order valence-electron chi connectivity index (χ3n) is 4.10. The number of aliphatic hydroxyl groups excluding tert-OH is 1. The van der Waals surface area contributed by atoms with Gasteiger partial charge in [0, 0.05) is 17.6 Å². The molecule has 3 rings (SSSR count). The summed E-state index contributed by atoms with van der Waals surface area (Å²) in [6, 6.07) is 0. The van der Waals surface area contributed by atoms with Gasteiger partial charge in [-0.05, 0) is 39.0 Å². The molecule has 0 aromatic carbocycles. The zero-order chi connectivity index (χ0) is 14.8. The number of nitrogens with one attached hydrogen (secondary N) is 1. The summed E-state index contributed by atoms with van der Waals surface area (Å²) in [5.41, 5.74) is 3.06. The summed E-state index contributed by atoms with van der Waals surface area (Å²) in [4.78, 5) is 6.35. The molecule has 0 atom stereocenters. The molecule has 4 nitrogen and oxygen atoms in total. The summed E-state index contributed by atoms with van der Waals surface area (Å²) in [7, 11) is 0. The highest BCUT2D eigenvalue weighted by molar-refractivity contribution is 7.11. The molecule has 0 fully saturated rings. The number of allylic oxidation sites excluding steroid dienone is 1. The van der Waals surface area contributed by atoms with Crippen LogP contribution in [0.15, 0.2) is 22.8 Å². The number of rotatable bonds is 4. The molecule has 2 aliphatic rings. The van der Waals surface area contributed by atoms with Gasteiger partial charge >= 0.3 is 0 Å². The summed E-state index contributed by atoms with van der Waals surface area (Å²) in [5.74, 6) is 0.699. The third-order valence-corrected chi connectivity index (χ3v) is 5.08. The smallest absolute Gasteiger partial charge is 0.135 e. The number of hydrogen-bond donors (Lipinski definition) is 2. The van der Waals surface area contributed by atoms with E-state index in [9.17, 15) is 5.11 Å². The van der Waals surface area contributed by atoms with Gasteiger partial charge in [0.2, 0.25) is 0 Å². The molecule has 2 N–H and O–H groups in total. The van der Waals surface area contributed by atoms with E-state index < -0.39 is 0 Å². The van der Waals surface area contributed by atoms with Crippen molar-refractivity contribution in [3.05, 3.63) is 33.5 Å². The second-order valence-corrected chi connectivity index (χ2v) is 6.60. The third kappa shape index (κ3) is 3.02. The Morgan fingerprint density at radius 1 is 1.43 bits per heavy atom. The van der Waals surface area contributed by atoms with Crippen LogP contribution in [-0.2, 0) is 0 Å². The molecule has 21 heavy (non-hydrogen) atoms. The highest BCUT2D eigenvalue weighted by atomic mass is 32.1. The Morgan fingerprint density at radius 2 is 2.29 bits per heavy atom. The van der Waals surface area contributed by atoms with Crippen molar-refractivity contribution in [1.29, 1.82) is 5.41 Å². The lowest BCUT2D eigenvalue weighted by Crippen LogP contribution is -2.28. The summed E-state index contributed by atoms with van der Waals surface area (Å²) < 4.78 is 0. The molecule has 1 aliphatic carbocycles. The van der Waals surface area contributed by atoms with Crippen LogP contribution in [-0.4, -0.2) is 33.9 Å². The molecular weight excluding hydrogens is 282 g/mol. The minimum absolute atomic E-state index is 0.284.